The molecule has 0 bridgehead atoms. The zero-order chi connectivity index (χ0) is 26.8. The largest absolute Gasteiger partial charge is 0.465 e. The number of nitrogens with zero attached hydrogens (tertiary/aromatic N) is 6. The van der Waals surface area contributed by atoms with E-state index in [4.69, 9.17) is 38.3 Å². The Bertz CT molecular complexity index is 1410. The lowest BCUT2D eigenvalue weighted by Crippen LogP contribution is -2.45. The van der Waals surface area contributed by atoms with E-state index in [0.29, 0.717) is 65.6 Å². The number of fused-ring (bicyclic) bond motifs is 1. The molecule has 0 aromatic carbocycles. The van der Waals surface area contributed by atoms with Gasteiger partial charge in [-0.05, 0) is 44.6 Å². The normalized spacial score (nSPS) is 21.7. The molecule has 1 amide bonds. The minimum atomic E-state index is -1.37. The van der Waals surface area contributed by atoms with Gasteiger partial charge < -0.3 is 19.3 Å². The summed E-state index contributed by atoms with van der Waals surface area (Å²) in [7, 11) is 0. The Balaban J connectivity index is 1.69. The van der Waals surface area contributed by atoms with E-state index in [9.17, 15) is 4.79 Å². The summed E-state index contributed by atoms with van der Waals surface area (Å²) in [5.41, 5.74) is 2.16. The monoisotopic (exact) mass is 536 g/mol. The molecular weight excluding hydrogens is 508 g/mol. The maximum Gasteiger partial charge on any atom is 0.410 e. The molecule has 3 aromatic rings. The smallest absolute Gasteiger partial charge is 0.410 e. The summed E-state index contributed by atoms with van der Waals surface area (Å²) >= 11 is 6.29. The SMILES string of the molecule is C#C[C@H]1CC[C@H](Cn2c(N3CCOC[C@@H]3C)nc3nc(C(=N)NC(=O)O)nc(-c4cncc(Cl)c4)c32)CC1. The number of amidine groups is 1. The van der Waals surface area contributed by atoms with Crippen LogP contribution in [-0.2, 0) is 11.3 Å². The van der Waals surface area contributed by atoms with E-state index in [0.717, 1.165) is 31.6 Å². The van der Waals surface area contributed by atoms with Crippen molar-refractivity contribution in [3.63, 3.8) is 0 Å². The van der Waals surface area contributed by atoms with Gasteiger partial charge >= 0.3 is 6.09 Å². The van der Waals surface area contributed by atoms with Gasteiger partial charge in [-0.2, -0.15) is 4.98 Å². The Morgan fingerprint density at radius 2 is 2.08 bits per heavy atom. The molecule has 1 atom stereocenters. The number of hydrogen-bond donors (Lipinski definition) is 3. The van der Waals surface area contributed by atoms with Gasteiger partial charge in [0.2, 0.25) is 5.95 Å². The number of amides is 1. The standard InChI is InChI=1S/C26H29ClN8O3/c1-3-16-4-6-17(7-5-16)13-35-21-20(18-10-19(27)12-29-11-18)30-24(22(28)31-26(36)37)32-23(21)33-25(35)34-8-9-38-14-15(34)2/h1,10-12,15-17H,4-9,13-14H2,2H3,(H2,28,31)(H,36,37)/t15-,16-,17-/m0/s1. The predicted molar refractivity (Wildman–Crippen MR) is 143 cm³/mol. The number of imidazole rings is 1. The third-order valence-corrected chi connectivity index (χ3v) is 7.37. The Kier molecular flexibility index (Phi) is 7.44. The van der Waals surface area contributed by atoms with Crippen molar-refractivity contribution in [3.8, 4) is 23.6 Å². The Hall–Kier alpha value is -3.75. The van der Waals surface area contributed by atoms with Crippen LogP contribution in [0.2, 0.25) is 5.02 Å². The summed E-state index contributed by atoms with van der Waals surface area (Å²) in [6, 6.07) is 1.83. The van der Waals surface area contributed by atoms with Crippen LogP contribution in [0.4, 0.5) is 10.7 Å². The molecule has 1 aliphatic carbocycles. The van der Waals surface area contributed by atoms with Crippen LogP contribution in [0.15, 0.2) is 18.5 Å². The van der Waals surface area contributed by atoms with Crippen molar-refractivity contribution in [2.45, 2.75) is 45.2 Å². The van der Waals surface area contributed by atoms with E-state index >= 15 is 0 Å². The maximum absolute atomic E-state index is 11.2. The Labute approximate surface area is 225 Å². The van der Waals surface area contributed by atoms with Crippen LogP contribution in [0.5, 0.6) is 0 Å². The number of morpholine rings is 1. The predicted octanol–water partition coefficient (Wildman–Crippen LogP) is 3.80. The second kappa shape index (κ2) is 10.9. The molecule has 4 heterocycles. The number of ether oxygens (including phenoxy) is 1. The summed E-state index contributed by atoms with van der Waals surface area (Å²) in [6.07, 6.45) is 11.5. The van der Waals surface area contributed by atoms with E-state index < -0.39 is 11.9 Å². The highest BCUT2D eigenvalue weighted by Crippen LogP contribution is 2.36. The van der Waals surface area contributed by atoms with Crippen molar-refractivity contribution in [1.82, 2.24) is 29.8 Å². The fraction of sp³-hybridized carbons (Fsp3) is 0.462. The average Bonchev–Trinajstić information content (AvgIpc) is 3.26. The first-order valence-corrected chi connectivity index (χ1v) is 13.0. The number of rotatable bonds is 5. The fourth-order valence-corrected chi connectivity index (χ4v) is 5.40. The molecule has 0 spiro atoms. The number of terminal acetylenes is 1. The van der Waals surface area contributed by atoms with Gasteiger partial charge in [-0.25, -0.2) is 14.8 Å². The minimum Gasteiger partial charge on any atom is -0.465 e. The second-order valence-electron chi connectivity index (χ2n) is 9.79. The van der Waals surface area contributed by atoms with Gasteiger partial charge in [0.1, 0.15) is 11.2 Å². The quantitative estimate of drug-likeness (QED) is 0.254. The number of hydrogen-bond acceptors (Lipinski definition) is 8. The molecule has 0 unspecified atom stereocenters. The molecule has 0 radical (unpaired) electrons. The highest BCUT2D eigenvalue weighted by molar-refractivity contribution is 6.30. The van der Waals surface area contributed by atoms with Crippen LogP contribution in [-0.4, -0.2) is 67.3 Å². The lowest BCUT2D eigenvalue weighted by Gasteiger charge is -2.35. The van der Waals surface area contributed by atoms with Gasteiger partial charge in [0, 0.05) is 37.0 Å². The Morgan fingerprint density at radius 3 is 2.76 bits per heavy atom. The number of anilines is 1. The van der Waals surface area contributed by atoms with E-state index in [2.05, 4.69) is 37.3 Å². The van der Waals surface area contributed by atoms with Crippen LogP contribution >= 0.6 is 11.6 Å². The van der Waals surface area contributed by atoms with Crippen molar-refractivity contribution in [3.05, 3.63) is 29.3 Å². The minimum absolute atomic E-state index is 0.0874. The summed E-state index contributed by atoms with van der Waals surface area (Å²) in [6.45, 7) is 4.61. The third kappa shape index (κ3) is 5.28. The van der Waals surface area contributed by atoms with Gasteiger partial charge in [0.05, 0.1) is 24.3 Å². The van der Waals surface area contributed by atoms with Crippen LogP contribution in [0.3, 0.4) is 0 Å². The maximum atomic E-state index is 11.2. The lowest BCUT2D eigenvalue weighted by atomic mass is 9.82. The van der Waals surface area contributed by atoms with Crippen LogP contribution in [0.1, 0.15) is 38.4 Å². The summed E-state index contributed by atoms with van der Waals surface area (Å²) < 4.78 is 7.83. The van der Waals surface area contributed by atoms with Gasteiger partial charge in [-0.15, -0.1) is 12.3 Å². The van der Waals surface area contributed by atoms with Crippen molar-refractivity contribution >= 4 is 40.6 Å². The van der Waals surface area contributed by atoms with Crippen LogP contribution < -0.4 is 10.2 Å². The fourth-order valence-electron chi connectivity index (χ4n) is 5.23. The number of carboxylic acid groups (broad SMARTS) is 1. The molecular formula is C26H29ClN8O3. The van der Waals surface area contributed by atoms with Crippen molar-refractivity contribution < 1.29 is 14.6 Å². The van der Waals surface area contributed by atoms with Crippen molar-refractivity contribution in [1.29, 1.82) is 5.41 Å². The summed E-state index contributed by atoms with van der Waals surface area (Å²) in [5.74, 6) is 3.82. The van der Waals surface area contributed by atoms with Crippen molar-refractivity contribution in [2.75, 3.05) is 24.7 Å². The molecule has 1 saturated carbocycles. The van der Waals surface area contributed by atoms with Gasteiger partial charge in [-0.3, -0.25) is 15.7 Å². The van der Waals surface area contributed by atoms with Crippen molar-refractivity contribution in [2.24, 2.45) is 11.8 Å². The van der Waals surface area contributed by atoms with Crippen LogP contribution in [0, 0.1) is 29.6 Å². The summed E-state index contributed by atoms with van der Waals surface area (Å²) in [4.78, 5) is 31.8. The molecule has 2 fully saturated rings. The average molecular weight is 537 g/mol. The first-order valence-electron chi connectivity index (χ1n) is 12.6. The molecule has 5 rings (SSSR count). The molecule has 11 nitrogen and oxygen atoms in total. The van der Waals surface area contributed by atoms with Gasteiger partial charge in [0.25, 0.3) is 0 Å². The topological polar surface area (TPSA) is 142 Å². The molecule has 12 heteroatoms. The number of nitrogens with one attached hydrogen (secondary N) is 2. The molecule has 2 aliphatic rings. The first kappa shape index (κ1) is 25.9. The molecule has 3 aromatic heterocycles. The number of carbonyl (C=O) groups is 1. The lowest BCUT2D eigenvalue weighted by molar-refractivity contribution is 0.0976. The van der Waals surface area contributed by atoms with Crippen LogP contribution in [0.25, 0.3) is 22.4 Å². The molecule has 1 saturated heterocycles. The highest BCUT2D eigenvalue weighted by atomic mass is 35.5. The number of aromatic nitrogens is 5. The second-order valence-corrected chi connectivity index (χ2v) is 10.2. The highest BCUT2D eigenvalue weighted by Gasteiger charge is 2.30. The number of pyridine rings is 1. The molecule has 3 N–H and O–H groups in total. The molecule has 1 aliphatic heterocycles. The Morgan fingerprint density at radius 1 is 1.29 bits per heavy atom. The van der Waals surface area contributed by atoms with E-state index in [1.807, 2.05) is 5.32 Å². The third-order valence-electron chi connectivity index (χ3n) is 7.16. The zero-order valence-corrected chi connectivity index (χ0v) is 21.8. The first-order chi connectivity index (χ1) is 18.3. The zero-order valence-electron chi connectivity index (χ0n) is 21.0. The van der Waals surface area contributed by atoms with E-state index in [1.165, 1.54) is 6.20 Å². The number of halogens is 1. The molecule has 198 valence electrons. The van der Waals surface area contributed by atoms with E-state index in [-0.39, 0.29) is 11.9 Å². The van der Waals surface area contributed by atoms with E-state index in [1.54, 1.807) is 12.3 Å². The molecule has 38 heavy (non-hydrogen) atoms. The summed E-state index contributed by atoms with van der Waals surface area (Å²) in [5, 5.41) is 19.9. The van der Waals surface area contributed by atoms with Gasteiger partial charge in [0.15, 0.2) is 17.3 Å². The van der Waals surface area contributed by atoms with Gasteiger partial charge in [-0.1, -0.05) is 11.6 Å².